The average Bonchev–Trinajstić information content (AvgIpc) is 2.51. The van der Waals surface area contributed by atoms with Crippen molar-refractivity contribution in [1.82, 2.24) is 4.90 Å². The highest BCUT2D eigenvalue weighted by molar-refractivity contribution is 5.90. The number of aliphatic hydroxyl groups is 1. The van der Waals surface area contributed by atoms with Gasteiger partial charge in [0.2, 0.25) is 5.91 Å². The second-order valence-corrected chi connectivity index (χ2v) is 4.76. The van der Waals surface area contributed by atoms with Crippen molar-refractivity contribution < 1.29 is 14.6 Å². The van der Waals surface area contributed by atoms with Gasteiger partial charge >= 0.3 is 0 Å². The van der Waals surface area contributed by atoms with Gasteiger partial charge in [0.25, 0.3) is 0 Å². The number of hydrogen-bond acceptors (Lipinski definition) is 5. The van der Waals surface area contributed by atoms with Gasteiger partial charge in [-0.25, -0.2) is 0 Å². The van der Waals surface area contributed by atoms with Crippen LogP contribution in [0.3, 0.4) is 0 Å². The zero-order chi connectivity index (χ0) is 15.5. The van der Waals surface area contributed by atoms with E-state index in [-0.39, 0.29) is 12.5 Å². The minimum Gasteiger partial charge on any atom is -0.395 e. The molecule has 6 heteroatoms. The number of benzene rings is 1. The SMILES string of the molecule is COCCN(CCO)CCC(=O)Nc1ccc(CN)cc1. The Morgan fingerprint density at radius 2 is 2.00 bits per heavy atom. The summed E-state index contributed by atoms with van der Waals surface area (Å²) in [4.78, 5) is 13.9. The summed E-state index contributed by atoms with van der Waals surface area (Å²) >= 11 is 0. The molecule has 0 bridgehead atoms. The van der Waals surface area contributed by atoms with Gasteiger partial charge in [0.05, 0.1) is 13.2 Å². The van der Waals surface area contributed by atoms with Gasteiger partial charge < -0.3 is 20.9 Å². The monoisotopic (exact) mass is 295 g/mol. The van der Waals surface area contributed by atoms with Crippen molar-refractivity contribution in [2.75, 3.05) is 45.3 Å². The Hall–Kier alpha value is -1.47. The van der Waals surface area contributed by atoms with E-state index >= 15 is 0 Å². The van der Waals surface area contributed by atoms with Crippen LogP contribution in [0.5, 0.6) is 0 Å². The van der Waals surface area contributed by atoms with Gasteiger partial charge in [-0.2, -0.15) is 0 Å². The van der Waals surface area contributed by atoms with E-state index in [0.717, 1.165) is 11.3 Å². The maximum absolute atomic E-state index is 11.9. The fraction of sp³-hybridized carbons (Fsp3) is 0.533. The van der Waals surface area contributed by atoms with E-state index in [4.69, 9.17) is 15.6 Å². The summed E-state index contributed by atoms with van der Waals surface area (Å²) in [6.45, 7) is 2.99. The summed E-state index contributed by atoms with van der Waals surface area (Å²) in [5, 5.41) is 11.8. The third-order valence-electron chi connectivity index (χ3n) is 3.16. The number of nitrogens with zero attached hydrogens (tertiary/aromatic N) is 1. The Kier molecular flexibility index (Phi) is 8.61. The fourth-order valence-electron chi connectivity index (χ4n) is 1.90. The Morgan fingerprint density at radius 1 is 1.29 bits per heavy atom. The van der Waals surface area contributed by atoms with Crippen molar-refractivity contribution >= 4 is 11.6 Å². The molecule has 1 aromatic rings. The third-order valence-corrected chi connectivity index (χ3v) is 3.16. The maximum atomic E-state index is 11.9. The van der Waals surface area contributed by atoms with Crippen molar-refractivity contribution in [3.8, 4) is 0 Å². The summed E-state index contributed by atoms with van der Waals surface area (Å²) in [5.74, 6) is -0.0455. The lowest BCUT2D eigenvalue weighted by Crippen LogP contribution is -2.33. The molecule has 0 spiro atoms. The van der Waals surface area contributed by atoms with E-state index in [1.165, 1.54) is 0 Å². The van der Waals surface area contributed by atoms with E-state index in [1.807, 2.05) is 29.2 Å². The van der Waals surface area contributed by atoms with E-state index in [1.54, 1.807) is 7.11 Å². The Labute approximate surface area is 125 Å². The number of rotatable bonds is 10. The number of nitrogens with two attached hydrogens (primary N) is 1. The van der Waals surface area contributed by atoms with Crippen LogP contribution in [0.4, 0.5) is 5.69 Å². The van der Waals surface area contributed by atoms with Gasteiger partial charge in [-0.3, -0.25) is 9.69 Å². The number of nitrogens with one attached hydrogen (secondary N) is 1. The highest BCUT2D eigenvalue weighted by Crippen LogP contribution is 2.09. The molecule has 21 heavy (non-hydrogen) atoms. The molecule has 0 atom stereocenters. The summed E-state index contributed by atoms with van der Waals surface area (Å²) in [7, 11) is 1.63. The highest BCUT2D eigenvalue weighted by atomic mass is 16.5. The number of aliphatic hydroxyl groups excluding tert-OH is 1. The number of hydrogen-bond donors (Lipinski definition) is 3. The molecule has 1 aromatic carbocycles. The van der Waals surface area contributed by atoms with Crippen LogP contribution in [0.2, 0.25) is 0 Å². The van der Waals surface area contributed by atoms with Crippen LogP contribution < -0.4 is 11.1 Å². The van der Waals surface area contributed by atoms with Gasteiger partial charge in [-0.05, 0) is 17.7 Å². The van der Waals surface area contributed by atoms with Gasteiger partial charge in [0, 0.05) is 45.4 Å². The van der Waals surface area contributed by atoms with Crippen molar-refractivity contribution in [2.45, 2.75) is 13.0 Å². The molecule has 6 nitrogen and oxygen atoms in total. The van der Waals surface area contributed by atoms with E-state index < -0.39 is 0 Å². The third kappa shape index (κ3) is 7.19. The molecular formula is C15H25N3O3. The lowest BCUT2D eigenvalue weighted by atomic mass is 10.2. The molecule has 4 N–H and O–H groups in total. The predicted molar refractivity (Wildman–Crippen MR) is 83.0 cm³/mol. The summed E-state index contributed by atoms with van der Waals surface area (Å²) in [5.41, 5.74) is 7.32. The second-order valence-electron chi connectivity index (χ2n) is 4.76. The molecule has 0 aliphatic heterocycles. The number of carbonyl (C=O) groups excluding carboxylic acids is 1. The van der Waals surface area contributed by atoms with Crippen molar-refractivity contribution in [2.24, 2.45) is 5.73 Å². The van der Waals surface area contributed by atoms with Crippen LogP contribution >= 0.6 is 0 Å². The first-order chi connectivity index (χ1) is 10.2. The molecule has 0 aliphatic carbocycles. The normalized spacial score (nSPS) is 10.9. The summed E-state index contributed by atoms with van der Waals surface area (Å²) in [6.07, 6.45) is 0.377. The van der Waals surface area contributed by atoms with Crippen LogP contribution in [0.1, 0.15) is 12.0 Å². The van der Waals surface area contributed by atoms with Crippen LogP contribution in [0.25, 0.3) is 0 Å². The minimum absolute atomic E-state index is 0.0455. The fourth-order valence-corrected chi connectivity index (χ4v) is 1.90. The van der Waals surface area contributed by atoms with Crippen molar-refractivity contribution in [1.29, 1.82) is 0 Å². The topological polar surface area (TPSA) is 87.8 Å². The Morgan fingerprint density at radius 3 is 2.57 bits per heavy atom. The highest BCUT2D eigenvalue weighted by Gasteiger charge is 2.08. The van der Waals surface area contributed by atoms with Gasteiger partial charge in [0.15, 0.2) is 0 Å². The smallest absolute Gasteiger partial charge is 0.225 e. The average molecular weight is 295 g/mol. The molecule has 1 amide bonds. The van der Waals surface area contributed by atoms with Gasteiger partial charge in [0.1, 0.15) is 0 Å². The first kappa shape index (κ1) is 17.6. The molecular weight excluding hydrogens is 270 g/mol. The van der Waals surface area contributed by atoms with Gasteiger partial charge in [-0.15, -0.1) is 0 Å². The summed E-state index contributed by atoms with van der Waals surface area (Å²) < 4.78 is 5.01. The zero-order valence-corrected chi connectivity index (χ0v) is 12.5. The van der Waals surface area contributed by atoms with Crippen LogP contribution in [0.15, 0.2) is 24.3 Å². The molecule has 0 aromatic heterocycles. The lowest BCUT2D eigenvalue weighted by Gasteiger charge is -2.20. The lowest BCUT2D eigenvalue weighted by molar-refractivity contribution is -0.116. The zero-order valence-electron chi connectivity index (χ0n) is 12.5. The quantitative estimate of drug-likeness (QED) is 0.582. The number of carbonyl (C=O) groups is 1. The number of anilines is 1. The largest absolute Gasteiger partial charge is 0.395 e. The minimum atomic E-state index is -0.0455. The van der Waals surface area contributed by atoms with Crippen molar-refractivity contribution in [3.63, 3.8) is 0 Å². The molecule has 0 unspecified atom stereocenters. The van der Waals surface area contributed by atoms with Crippen LogP contribution in [-0.4, -0.2) is 55.9 Å². The van der Waals surface area contributed by atoms with E-state index in [2.05, 4.69) is 5.32 Å². The molecule has 0 aliphatic rings. The molecule has 1 rings (SSSR count). The molecule has 0 fully saturated rings. The first-order valence-corrected chi connectivity index (χ1v) is 7.10. The number of ether oxygens (including phenoxy) is 1. The molecule has 0 saturated heterocycles. The van der Waals surface area contributed by atoms with Crippen LogP contribution in [-0.2, 0) is 16.1 Å². The van der Waals surface area contributed by atoms with Gasteiger partial charge in [-0.1, -0.05) is 12.1 Å². The predicted octanol–water partition coefficient (Wildman–Crippen LogP) is 0.415. The standard InChI is InChI=1S/C15H25N3O3/c1-21-11-9-18(8-10-19)7-6-15(20)17-14-4-2-13(12-16)3-5-14/h2-5,19H,6-12,16H2,1H3,(H,17,20). The molecule has 118 valence electrons. The molecule has 0 heterocycles. The number of amides is 1. The van der Waals surface area contributed by atoms with Crippen LogP contribution in [0, 0.1) is 0 Å². The first-order valence-electron chi connectivity index (χ1n) is 7.10. The van der Waals surface area contributed by atoms with Crippen molar-refractivity contribution in [3.05, 3.63) is 29.8 Å². The maximum Gasteiger partial charge on any atom is 0.225 e. The number of methoxy groups -OCH3 is 1. The Balaban J connectivity index is 2.37. The van der Waals surface area contributed by atoms with E-state index in [0.29, 0.717) is 39.2 Å². The summed E-state index contributed by atoms with van der Waals surface area (Å²) in [6, 6.07) is 7.48. The molecule has 0 radical (unpaired) electrons. The second kappa shape index (κ2) is 10.3. The molecule has 0 saturated carbocycles. The Bertz CT molecular complexity index is 409. The van der Waals surface area contributed by atoms with E-state index in [9.17, 15) is 4.79 Å².